The van der Waals surface area contributed by atoms with E-state index in [1.165, 1.54) is 23.7 Å². The maximum absolute atomic E-state index is 5.75. The molecular weight excluding hydrogens is 210 g/mol. The van der Waals surface area contributed by atoms with Crippen molar-refractivity contribution < 1.29 is 0 Å². The molecule has 3 heteroatoms. The SMILES string of the molecule is CCC(CC)Cn1nc(CN)c2ccccc21. The van der Waals surface area contributed by atoms with Crippen LogP contribution < -0.4 is 5.73 Å². The molecule has 0 aliphatic carbocycles. The summed E-state index contributed by atoms with van der Waals surface area (Å²) in [5.74, 6) is 0.698. The van der Waals surface area contributed by atoms with E-state index in [-0.39, 0.29) is 0 Å². The molecule has 0 aliphatic heterocycles. The first-order chi connectivity index (χ1) is 8.30. The molecule has 92 valence electrons. The first-order valence-corrected chi connectivity index (χ1v) is 6.44. The zero-order valence-corrected chi connectivity index (χ0v) is 10.7. The molecule has 0 unspecified atom stereocenters. The monoisotopic (exact) mass is 231 g/mol. The minimum Gasteiger partial charge on any atom is -0.325 e. The molecule has 0 bridgehead atoms. The van der Waals surface area contributed by atoms with Gasteiger partial charge in [0.2, 0.25) is 0 Å². The van der Waals surface area contributed by atoms with Gasteiger partial charge in [0, 0.05) is 18.5 Å². The molecule has 0 radical (unpaired) electrons. The van der Waals surface area contributed by atoms with Gasteiger partial charge >= 0.3 is 0 Å². The molecule has 0 saturated heterocycles. The average molecular weight is 231 g/mol. The molecule has 1 heterocycles. The molecule has 0 spiro atoms. The van der Waals surface area contributed by atoms with Crippen molar-refractivity contribution in [3.8, 4) is 0 Å². The highest BCUT2D eigenvalue weighted by Gasteiger charge is 2.11. The molecule has 3 nitrogen and oxygen atoms in total. The van der Waals surface area contributed by atoms with Gasteiger partial charge in [-0.15, -0.1) is 0 Å². The Hall–Kier alpha value is -1.35. The highest BCUT2D eigenvalue weighted by atomic mass is 15.3. The predicted octanol–water partition coefficient (Wildman–Crippen LogP) is 2.93. The van der Waals surface area contributed by atoms with Crippen molar-refractivity contribution in [1.82, 2.24) is 9.78 Å². The minimum atomic E-state index is 0.510. The Kier molecular flexibility index (Phi) is 3.79. The molecule has 0 saturated carbocycles. The van der Waals surface area contributed by atoms with E-state index >= 15 is 0 Å². The summed E-state index contributed by atoms with van der Waals surface area (Å²) in [5, 5.41) is 5.83. The molecule has 0 fully saturated rings. The van der Waals surface area contributed by atoms with Crippen molar-refractivity contribution in [1.29, 1.82) is 0 Å². The fourth-order valence-electron chi connectivity index (χ4n) is 2.28. The van der Waals surface area contributed by atoms with Crippen molar-refractivity contribution in [2.75, 3.05) is 0 Å². The molecule has 17 heavy (non-hydrogen) atoms. The van der Waals surface area contributed by atoms with E-state index in [1.807, 2.05) is 6.07 Å². The van der Waals surface area contributed by atoms with Crippen LogP contribution in [-0.2, 0) is 13.1 Å². The number of aromatic nitrogens is 2. The zero-order valence-electron chi connectivity index (χ0n) is 10.7. The Morgan fingerprint density at radius 3 is 2.59 bits per heavy atom. The van der Waals surface area contributed by atoms with E-state index in [0.717, 1.165) is 12.2 Å². The molecule has 0 aliphatic rings. The third kappa shape index (κ3) is 2.34. The van der Waals surface area contributed by atoms with Crippen molar-refractivity contribution in [3.63, 3.8) is 0 Å². The number of rotatable bonds is 5. The van der Waals surface area contributed by atoms with Crippen molar-refractivity contribution >= 4 is 10.9 Å². The van der Waals surface area contributed by atoms with Gasteiger partial charge < -0.3 is 5.73 Å². The maximum atomic E-state index is 5.75. The molecule has 1 aromatic carbocycles. The van der Waals surface area contributed by atoms with Gasteiger partial charge in [-0.25, -0.2) is 0 Å². The van der Waals surface area contributed by atoms with Gasteiger partial charge in [-0.3, -0.25) is 4.68 Å². The summed E-state index contributed by atoms with van der Waals surface area (Å²) in [6.45, 7) is 5.98. The van der Waals surface area contributed by atoms with Crippen LogP contribution >= 0.6 is 0 Å². The smallest absolute Gasteiger partial charge is 0.0838 e. The Morgan fingerprint density at radius 1 is 1.24 bits per heavy atom. The summed E-state index contributed by atoms with van der Waals surface area (Å²) in [6, 6.07) is 8.34. The van der Waals surface area contributed by atoms with E-state index in [2.05, 4.69) is 41.8 Å². The highest BCUT2D eigenvalue weighted by molar-refractivity contribution is 5.81. The van der Waals surface area contributed by atoms with E-state index in [0.29, 0.717) is 12.5 Å². The lowest BCUT2D eigenvalue weighted by Gasteiger charge is -2.12. The summed E-state index contributed by atoms with van der Waals surface area (Å²) in [7, 11) is 0. The van der Waals surface area contributed by atoms with Crippen LogP contribution in [0.5, 0.6) is 0 Å². The number of para-hydroxylation sites is 1. The second-order valence-corrected chi connectivity index (χ2v) is 4.53. The Balaban J connectivity index is 2.40. The third-order valence-electron chi connectivity index (χ3n) is 3.51. The standard InChI is InChI=1S/C14H21N3/c1-3-11(4-2)10-17-14-8-6-5-7-12(14)13(9-15)16-17/h5-8,11H,3-4,9-10,15H2,1-2H3. The van der Waals surface area contributed by atoms with Crippen LogP contribution in [-0.4, -0.2) is 9.78 Å². The number of benzene rings is 1. The molecule has 0 amide bonds. The summed E-state index contributed by atoms with van der Waals surface area (Å²) in [4.78, 5) is 0. The first kappa shape index (κ1) is 12.1. The average Bonchev–Trinajstić information content (AvgIpc) is 2.74. The zero-order chi connectivity index (χ0) is 12.3. The quantitative estimate of drug-likeness (QED) is 0.859. The maximum Gasteiger partial charge on any atom is 0.0838 e. The lowest BCUT2D eigenvalue weighted by molar-refractivity contribution is 0.401. The van der Waals surface area contributed by atoms with Crippen LogP contribution in [0.4, 0.5) is 0 Å². The summed E-state index contributed by atoms with van der Waals surface area (Å²) in [6.07, 6.45) is 2.39. The van der Waals surface area contributed by atoms with Crippen molar-refractivity contribution in [3.05, 3.63) is 30.0 Å². The third-order valence-corrected chi connectivity index (χ3v) is 3.51. The lowest BCUT2D eigenvalue weighted by Crippen LogP contribution is -2.11. The fraction of sp³-hybridized carbons (Fsp3) is 0.500. The molecule has 2 N–H and O–H groups in total. The fourth-order valence-corrected chi connectivity index (χ4v) is 2.28. The number of nitrogens with two attached hydrogens (primary N) is 1. The Morgan fingerprint density at radius 2 is 1.94 bits per heavy atom. The van der Waals surface area contributed by atoms with Crippen LogP contribution in [0.25, 0.3) is 10.9 Å². The van der Waals surface area contributed by atoms with Crippen molar-refractivity contribution in [2.24, 2.45) is 11.7 Å². The van der Waals surface area contributed by atoms with E-state index < -0.39 is 0 Å². The van der Waals surface area contributed by atoms with Gasteiger partial charge in [-0.1, -0.05) is 44.9 Å². The largest absolute Gasteiger partial charge is 0.325 e. The number of nitrogens with zero attached hydrogens (tertiary/aromatic N) is 2. The molecule has 2 rings (SSSR count). The van der Waals surface area contributed by atoms with Gasteiger partial charge in [0.15, 0.2) is 0 Å². The Labute approximate surface area is 103 Å². The summed E-state index contributed by atoms with van der Waals surface area (Å²) < 4.78 is 2.12. The van der Waals surface area contributed by atoms with Crippen LogP contribution in [0.2, 0.25) is 0 Å². The van der Waals surface area contributed by atoms with Gasteiger partial charge in [0.25, 0.3) is 0 Å². The van der Waals surface area contributed by atoms with E-state index in [1.54, 1.807) is 0 Å². The molecule has 0 atom stereocenters. The van der Waals surface area contributed by atoms with Gasteiger partial charge in [0.1, 0.15) is 0 Å². The van der Waals surface area contributed by atoms with Crippen LogP contribution in [0.1, 0.15) is 32.4 Å². The van der Waals surface area contributed by atoms with Crippen LogP contribution in [0.3, 0.4) is 0 Å². The first-order valence-electron chi connectivity index (χ1n) is 6.44. The topological polar surface area (TPSA) is 43.8 Å². The Bertz CT molecular complexity index is 483. The summed E-state index contributed by atoms with van der Waals surface area (Å²) in [5.41, 5.74) is 7.96. The highest BCUT2D eigenvalue weighted by Crippen LogP contribution is 2.20. The number of hydrogen-bond donors (Lipinski definition) is 1. The second kappa shape index (κ2) is 5.32. The summed E-state index contributed by atoms with van der Waals surface area (Å²) >= 11 is 0. The number of fused-ring (bicyclic) bond motifs is 1. The van der Waals surface area contributed by atoms with Gasteiger partial charge in [-0.2, -0.15) is 5.10 Å². The minimum absolute atomic E-state index is 0.510. The molecule has 2 aromatic rings. The van der Waals surface area contributed by atoms with Crippen LogP contribution in [0.15, 0.2) is 24.3 Å². The van der Waals surface area contributed by atoms with Gasteiger partial charge in [0.05, 0.1) is 11.2 Å². The van der Waals surface area contributed by atoms with E-state index in [9.17, 15) is 0 Å². The van der Waals surface area contributed by atoms with Crippen molar-refractivity contribution in [2.45, 2.75) is 39.8 Å². The molecule has 1 aromatic heterocycles. The van der Waals surface area contributed by atoms with Crippen LogP contribution in [0, 0.1) is 5.92 Å². The second-order valence-electron chi connectivity index (χ2n) is 4.53. The number of hydrogen-bond acceptors (Lipinski definition) is 2. The lowest BCUT2D eigenvalue weighted by atomic mass is 10.0. The van der Waals surface area contributed by atoms with Gasteiger partial charge in [-0.05, 0) is 12.0 Å². The molecular formula is C14H21N3. The normalized spacial score (nSPS) is 11.5. The predicted molar refractivity (Wildman–Crippen MR) is 71.7 cm³/mol. The van der Waals surface area contributed by atoms with E-state index in [4.69, 9.17) is 5.73 Å².